The number of rotatable bonds is 12. The number of anilines is 2. The maximum absolute atomic E-state index is 14.6. The Kier molecular flexibility index (Phi) is 10.8. The van der Waals surface area contributed by atoms with Crippen molar-refractivity contribution < 1.29 is 44.9 Å². The molecule has 0 spiro atoms. The highest BCUT2D eigenvalue weighted by atomic mass is 19.4. The average Bonchev–Trinajstić information content (AvgIpc) is 3.79. The second-order valence-electron chi connectivity index (χ2n) is 14.7. The third kappa shape index (κ3) is 7.87. The molecule has 5 heterocycles. The number of aryl methyl sites for hydroxylation is 1. The Morgan fingerprint density at radius 2 is 1.68 bits per heavy atom. The first-order valence-corrected chi connectivity index (χ1v) is 18.9. The van der Waals surface area contributed by atoms with E-state index in [-0.39, 0.29) is 48.2 Å². The van der Waals surface area contributed by atoms with Crippen molar-refractivity contribution in [2.75, 3.05) is 36.6 Å². The van der Waals surface area contributed by atoms with Crippen LogP contribution in [0.4, 0.5) is 42.1 Å². The number of fused-ring (bicyclic) bond motifs is 1. The third-order valence-corrected chi connectivity index (χ3v) is 10.9. The largest absolute Gasteiger partial charge is 0.491 e. The van der Waals surface area contributed by atoms with Crippen LogP contribution in [-0.4, -0.2) is 80.7 Å². The number of benzene rings is 3. The van der Waals surface area contributed by atoms with Crippen molar-refractivity contribution >= 4 is 33.1 Å². The fourth-order valence-corrected chi connectivity index (χ4v) is 8.32. The summed E-state index contributed by atoms with van der Waals surface area (Å²) in [7, 11) is 1.73. The standard InChI is InChI=1S/C40H37F7N8O5/c1-20-3-10-30(55(20)23-6-9-28-25(17-23)27(39(42,43)44)18-31(56)50-28)36(40(45,46)47)60-14-12-58-11-13-59-24-7-4-21(5-8-24)34-33(37-48-19-49-54(37)2)35-32-26(38(57)53-52-35)15-22(41)16-29(32)51-34/h4-9,15-20,30,33-34,36,51H,3,10-14H2,1-2H3,(H,50,56)(H,53,57)/t20-,30?,33+,34+,36?/m0/s1. The summed E-state index contributed by atoms with van der Waals surface area (Å²) in [6.45, 7) is 1.15. The molecule has 20 heteroatoms. The van der Waals surface area contributed by atoms with Crippen LogP contribution in [0.3, 0.4) is 0 Å². The number of ether oxygens (including phenoxy) is 3. The first-order valence-electron chi connectivity index (χ1n) is 18.9. The fraction of sp³-hybridized carbons (Fsp3) is 0.375. The van der Waals surface area contributed by atoms with E-state index >= 15 is 0 Å². The van der Waals surface area contributed by atoms with Crippen LogP contribution < -0.4 is 26.1 Å². The van der Waals surface area contributed by atoms with Gasteiger partial charge in [-0.25, -0.2) is 14.5 Å². The molecule has 0 radical (unpaired) electrons. The first kappa shape index (κ1) is 40.7. The number of aromatic amines is 2. The molecule has 2 unspecified atom stereocenters. The Morgan fingerprint density at radius 3 is 2.40 bits per heavy atom. The Balaban J connectivity index is 0.886. The second kappa shape index (κ2) is 15.9. The lowest BCUT2D eigenvalue weighted by atomic mass is 9.83. The van der Waals surface area contributed by atoms with Crippen molar-refractivity contribution in [3.8, 4) is 5.75 Å². The van der Waals surface area contributed by atoms with Crippen molar-refractivity contribution in [2.45, 2.75) is 62.3 Å². The molecule has 3 aromatic heterocycles. The summed E-state index contributed by atoms with van der Waals surface area (Å²) in [6, 6.07) is 11.5. The van der Waals surface area contributed by atoms with E-state index in [9.17, 15) is 40.3 Å². The molecule has 0 saturated carbocycles. The van der Waals surface area contributed by atoms with Gasteiger partial charge in [0.25, 0.3) is 5.56 Å². The van der Waals surface area contributed by atoms with Crippen LogP contribution in [0.5, 0.6) is 5.75 Å². The molecule has 60 heavy (non-hydrogen) atoms. The lowest BCUT2D eigenvalue weighted by molar-refractivity contribution is -0.228. The van der Waals surface area contributed by atoms with Gasteiger partial charge in [0.2, 0.25) is 5.56 Å². The predicted molar refractivity (Wildman–Crippen MR) is 205 cm³/mol. The highest BCUT2D eigenvalue weighted by molar-refractivity contribution is 5.97. The Labute approximate surface area is 335 Å². The maximum Gasteiger partial charge on any atom is 0.417 e. The monoisotopic (exact) mass is 842 g/mol. The summed E-state index contributed by atoms with van der Waals surface area (Å²) < 4.78 is 118. The summed E-state index contributed by atoms with van der Waals surface area (Å²) in [6.07, 6.45) is -10.1. The molecule has 0 amide bonds. The zero-order valence-electron chi connectivity index (χ0n) is 31.9. The molecular formula is C40H37F7N8O5. The summed E-state index contributed by atoms with van der Waals surface area (Å²) in [5.74, 6) is -0.111. The molecule has 3 aromatic carbocycles. The highest BCUT2D eigenvalue weighted by Gasteiger charge is 2.51. The molecule has 316 valence electrons. The number of hydrogen-bond acceptors (Lipinski definition) is 10. The molecule has 13 nitrogen and oxygen atoms in total. The van der Waals surface area contributed by atoms with Gasteiger partial charge in [-0.3, -0.25) is 14.3 Å². The van der Waals surface area contributed by atoms with Crippen LogP contribution in [0.15, 0.2) is 76.6 Å². The molecule has 5 atom stereocenters. The maximum atomic E-state index is 14.6. The van der Waals surface area contributed by atoms with E-state index in [4.69, 9.17) is 14.2 Å². The summed E-state index contributed by atoms with van der Waals surface area (Å²) in [5.41, 5.74) is -0.961. The van der Waals surface area contributed by atoms with Gasteiger partial charge >= 0.3 is 12.4 Å². The van der Waals surface area contributed by atoms with Gasteiger partial charge in [-0.15, -0.1) is 0 Å². The molecule has 6 aromatic rings. The second-order valence-corrected chi connectivity index (χ2v) is 14.7. The molecule has 0 bridgehead atoms. The van der Waals surface area contributed by atoms with Gasteiger partial charge in [-0.2, -0.15) is 36.5 Å². The average molecular weight is 843 g/mol. The minimum atomic E-state index is -4.86. The Bertz CT molecular complexity index is 2650. The Hall–Kier alpha value is -6.02. The lowest BCUT2D eigenvalue weighted by Crippen LogP contribution is -2.50. The number of alkyl halides is 6. The van der Waals surface area contributed by atoms with Gasteiger partial charge in [0.05, 0.1) is 54.5 Å². The SMILES string of the molecule is C[C@H]1CCC(C(OCCOCCOc2ccc([C@H]3Nc4cc(F)cc5c(=O)[nH]nc(c45)[C@@H]3c3ncnn3C)cc2)C(F)(F)F)N1c1ccc2[nH]c(=O)cc(C(F)(F)F)c2c1. The van der Waals surface area contributed by atoms with Gasteiger partial charge in [0.1, 0.15) is 30.3 Å². The lowest BCUT2D eigenvalue weighted by Gasteiger charge is -2.36. The number of pyridine rings is 1. The minimum Gasteiger partial charge on any atom is -0.491 e. The van der Waals surface area contributed by atoms with Crippen molar-refractivity contribution in [3.05, 3.63) is 116 Å². The summed E-state index contributed by atoms with van der Waals surface area (Å²) in [5, 5.41) is 14.7. The van der Waals surface area contributed by atoms with E-state index in [0.29, 0.717) is 40.8 Å². The smallest absolute Gasteiger partial charge is 0.417 e. The predicted octanol–water partition coefficient (Wildman–Crippen LogP) is 6.75. The van der Waals surface area contributed by atoms with Crippen LogP contribution in [0.25, 0.3) is 21.7 Å². The third-order valence-electron chi connectivity index (χ3n) is 10.9. The normalized spacial score (nSPS) is 19.9. The van der Waals surface area contributed by atoms with Crippen molar-refractivity contribution in [3.63, 3.8) is 0 Å². The van der Waals surface area contributed by atoms with Crippen LogP contribution in [-0.2, 0) is 22.7 Å². The van der Waals surface area contributed by atoms with Crippen molar-refractivity contribution in [1.29, 1.82) is 0 Å². The molecule has 8 rings (SSSR count). The van der Waals surface area contributed by atoms with E-state index in [1.54, 1.807) is 42.9 Å². The number of halogens is 7. The van der Waals surface area contributed by atoms with E-state index in [1.807, 2.05) is 0 Å². The van der Waals surface area contributed by atoms with Crippen LogP contribution in [0.1, 0.15) is 54.4 Å². The molecule has 0 aliphatic carbocycles. The van der Waals surface area contributed by atoms with E-state index < -0.39 is 71.6 Å². The van der Waals surface area contributed by atoms with Crippen molar-refractivity contribution in [2.24, 2.45) is 7.05 Å². The topological polar surface area (TPSA) is 152 Å². The minimum absolute atomic E-state index is 0.0176. The van der Waals surface area contributed by atoms with Gasteiger partial charge in [0, 0.05) is 46.8 Å². The highest BCUT2D eigenvalue weighted by Crippen LogP contribution is 2.46. The number of nitrogens with zero attached hydrogens (tertiary/aromatic N) is 5. The van der Waals surface area contributed by atoms with Gasteiger partial charge < -0.3 is 29.4 Å². The molecule has 1 saturated heterocycles. The van der Waals surface area contributed by atoms with Gasteiger partial charge in [0.15, 0.2) is 6.10 Å². The zero-order chi connectivity index (χ0) is 42.5. The number of nitrogens with one attached hydrogen (secondary N) is 3. The first-order chi connectivity index (χ1) is 28.6. The molecule has 1 fully saturated rings. The van der Waals surface area contributed by atoms with E-state index in [0.717, 1.165) is 17.7 Å². The summed E-state index contributed by atoms with van der Waals surface area (Å²) >= 11 is 0. The molecule has 3 N–H and O–H groups in total. The van der Waals surface area contributed by atoms with Crippen LogP contribution in [0.2, 0.25) is 0 Å². The molecule has 2 aliphatic heterocycles. The van der Waals surface area contributed by atoms with Crippen LogP contribution in [0, 0.1) is 5.82 Å². The zero-order valence-corrected chi connectivity index (χ0v) is 31.9. The van der Waals surface area contributed by atoms with Crippen LogP contribution >= 0.6 is 0 Å². The number of aromatic nitrogens is 6. The van der Waals surface area contributed by atoms with E-state index in [1.165, 1.54) is 29.4 Å². The number of H-pyrrole nitrogens is 2. The van der Waals surface area contributed by atoms with Gasteiger partial charge in [-0.05, 0) is 67.8 Å². The van der Waals surface area contributed by atoms with Crippen molar-refractivity contribution in [1.82, 2.24) is 29.9 Å². The molecule has 2 aliphatic rings. The fourth-order valence-electron chi connectivity index (χ4n) is 8.32. The molecular weight excluding hydrogens is 805 g/mol. The summed E-state index contributed by atoms with van der Waals surface area (Å²) in [4.78, 5) is 32.7. The Morgan fingerprint density at radius 1 is 0.917 bits per heavy atom. The number of hydrogen-bond donors (Lipinski definition) is 3. The van der Waals surface area contributed by atoms with Gasteiger partial charge in [-0.1, -0.05) is 12.1 Å². The quantitative estimate of drug-likeness (QED) is 0.0892. The van der Waals surface area contributed by atoms with E-state index in [2.05, 4.69) is 30.6 Å².